The molecule has 0 aliphatic carbocycles. The number of rotatable bonds is 7. The molecule has 2 aromatic carbocycles. The summed E-state index contributed by atoms with van der Waals surface area (Å²) < 4.78 is 15.2. The van der Waals surface area contributed by atoms with Crippen LogP contribution in [-0.2, 0) is 9.59 Å². The van der Waals surface area contributed by atoms with Crippen LogP contribution in [0.4, 0.5) is 10.5 Å². The van der Waals surface area contributed by atoms with Crippen molar-refractivity contribution in [2.75, 3.05) is 33.2 Å². The Bertz CT molecular complexity index is 1020. The Hall–Kier alpha value is -4.21. The fraction of sp³-hybridized carbons (Fsp3) is 0.190. The van der Waals surface area contributed by atoms with Crippen LogP contribution < -0.4 is 24.8 Å². The maximum Gasteiger partial charge on any atom is 0.329 e. The maximum absolute atomic E-state index is 12.6. The number of hydrogen-bond acceptors (Lipinski definition) is 7. The Morgan fingerprint density at radius 2 is 1.68 bits per heavy atom. The van der Waals surface area contributed by atoms with E-state index in [9.17, 15) is 19.5 Å². The average Bonchev–Trinajstić information content (AvgIpc) is 3.02. The number of nitrogens with one attached hydrogen (secondary N) is 2. The van der Waals surface area contributed by atoms with Gasteiger partial charge in [-0.3, -0.25) is 9.59 Å². The number of carbonyl (C=O) groups is 3. The van der Waals surface area contributed by atoms with Crippen LogP contribution in [0.15, 0.2) is 42.1 Å². The van der Waals surface area contributed by atoms with Crippen molar-refractivity contribution in [3.05, 3.63) is 47.7 Å². The molecular weight excluding hydrogens is 406 g/mol. The smallest absolute Gasteiger partial charge is 0.329 e. The van der Waals surface area contributed by atoms with Crippen LogP contribution in [-0.4, -0.2) is 55.7 Å². The van der Waals surface area contributed by atoms with Crippen LogP contribution in [0.25, 0.3) is 6.08 Å². The van der Waals surface area contributed by atoms with Gasteiger partial charge in [-0.25, -0.2) is 9.69 Å². The summed E-state index contributed by atoms with van der Waals surface area (Å²) in [6, 6.07) is 8.85. The number of amides is 4. The molecule has 10 nitrogen and oxygen atoms in total. The molecule has 0 aromatic heterocycles. The third kappa shape index (κ3) is 4.69. The van der Waals surface area contributed by atoms with Crippen LogP contribution in [0.5, 0.6) is 23.0 Å². The molecule has 1 aliphatic rings. The van der Waals surface area contributed by atoms with Crippen LogP contribution in [0, 0.1) is 0 Å². The van der Waals surface area contributed by atoms with E-state index < -0.39 is 24.4 Å². The van der Waals surface area contributed by atoms with E-state index in [4.69, 9.17) is 14.2 Å². The molecule has 31 heavy (non-hydrogen) atoms. The number of aromatic hydroxyl groups is 1. The molecule has 0 atom stereocenters. The van der Waals surface area contributed by atoms with Crippen molar-refractivity contribution in [1.29, 1.82) is 0 Å². The van der Waals surface area contributed by atoms with Crippen molar-refractivity contribution in [2.24, 2.45) is 0 Å². The van der Waals surface area contributed by atoms with E-state index in [0.717, 1.165) is 4.90 Å². The summed E-state index contributed by atoms with van der Waals surface area (Å²) in [6.45, 7) is -0.462. The predicted molar refractivity (Wildman–Crippen MR) is 111 cm³/mol. The maximum atomic E-state index is 12.6. The van der Waals surface area contributed by atoms with Gasteiger partial charge in [-0.15, -0.1) is 0 Å². The van der Waals surface area contributed by atoms with Crippen LogP contribution in [0.2, 0.25) is 0 Å². The fourth-order valence-electron chi connectivity index (χ4n) is 2.90. The quantitative estimate of drug-likeness (QED) is 0.455. The number of phenolic OH excluding ortho intramolecular Hbond substituents is 1. The molecule has 162 valence electrons. The lowest BCUT2D eigenvalue weighted by atomic mass is 10.1. The molecule has 1 saturated heterocycles. The summed E-state index contributed by atoms with van der Waals surface area (Å²) in [5.41, 5.74) is 0.911. The van der Waals surface area contributed by atoms with Crippen molar-refractivity contribution in [2.45, 2.75) is 0 Å². The third-order valence-electron chi connectivity index (χ3n) is 4.45. The Balaban J connectivity index is 1.73. The lowest BCUT2D eigenvalue weighted by Crippen LogP contribution is -2.38. The number of anilines is 1. The van der Waals surface area contributed by atoms with Crippen molar-refractivity contribution < 1.29 is 33.7 Å². The molecule has 0 spiro atoms. The second-order valence-corrected chi connectivity index (χ2v) is 6.43. The highest BCUT2D eigenvalue weighted by Crippen LogP contribution is 2.37. The molecule has 0 radical (unpaired) electrons. The second-order valence-electron chi connectivity index (χ2n) is 6.43. The number of methoxy groups -OCH3 is 3. The van der Waals surface area contributed by atoms with E-state index in [1.54, 1.807) is 24.3 Å². The van der Waals surface area contributed by atoms with Gasteiger partial charge in [0.2, 0.25) is 11.7 Å². The molecule has 0 bridgehead atoms. The topological polar surface area (TPSA) is 126 Å². The van der Waals surface area contributed by atoms with Gasteiger partial charge in [0.25, 0.3) is 5.91 Å². The summed E-state index contributed by atoms with van der Waals surface area (Å²) in [4.78, 5) is 37.9. The number of urea groups is 1. The highest BCUT2D eigenvalue weighted by atomic mass is 16.5. The minimum Gasteiger partial charge on any atom is -0.502 e. The summed E-state index contributed by atoms with van der Waals surface area (Å²) in [5, 5.41) is 15.0. The van der Waals surface area contributed by atoms with E-state index in [-0.39, 0.29) is 22.9 Å². The van der Waals surface area contributed by atoms with Gasteiger partial charge >= 0.3 is 6.03 Å². The van der Waals surface area contributed by atoms with Gasteiger partial charge in [0, 0.05) is 5.69 Å². The van der Waals surface area contributed by atoms with E-state index in [2.05, 4.69) is 10.6 Å². The largest absolute Gasteiger partial charge is 0.502 e. The molecule has 1 fully saturated rings. The predicted octanol–water partition coefficient (Wildman–Crippen LogP) is 1.95. The number of carbonyl (C=O) groups excluding carboxylic acids is 3. The number of nitrogens with zero attached hydrogens (tertiary/aromatic N) is 1. The first-order valence-corrected chi connectivity index (χ1v) is 9.09. The molecule has 4 amide bonds. The Morgan fingerprint density at radius 3 is 2.23 bits per heavy atom. The Kier molecular flexibility index (Phi) is 6.29. The molecule has 1 heterocycles. The summed E-state index contributed by atoms with van der Waals surface area (Å²) in [7, 11) is 4.27. The van der Waals surface area contributed by atoms with Gasteiger partial charge in [0.05, 0.1) is 21.3 Å². The van der Waals surface area contributed by atoms with Crippen molar-refractivity contribution in [3.8, 4) is 23.0 Å². The van der Waals surface area contributed by atoms with E-state index in [1.165, 1.54) is 39.5 Å². The van der Waals surface area contributed by atoms with Crippen molar-refractivity contribution >= 4 is 29.6 Å². The fourth-order valence-corrected chi connectivity index (χ4v) is 2.90. The van der Waals surface area contributed by atoms with Gasteiger partial charge in [0.1, 0.15) is 18.0 Å². The van der Waals surface area contributed by atoms with Crippen LogP contribution in [0.3, 0.4) is 0 Å². The number of benzene rings is 2. The first-order valence-electron chi connectivity index (χ1n) is 9.09. The van der Waals surface area contributed by atoms with Gasteiger partial charge < -0.3 is 30.0 Å². The van der Waals surface area contributed by atoms with Gasteiger partial charge in [0.15, 0.2) is 11.5 Å². The molecule has 2 aromatic rings. The number of imide groups is 1. The molecule has 3 rings (SSSR count). The molecular formula is C21H21N3O7. The summed E-state index contributed by atoms with van der Waals surface area (Å²) in [5.74, 6) is -0.490. The lowest BCUT2D eigenvalue weighted by molar-refractivity contribution is -0.127. The molecule has 0 saturated carbocycles. The lowest BCUT2D eigenvalue weighted by Gasteiger charge is -2.12. The first-order chi connectivity index (χ1) is 14.9. The van der Waals surface area contributed by atoms with Crippen molar-refractivity contribution in [3.63, 3.8) is 0 Å². The minimum atomic E-state index is -0.723. The minimum absolute atomic E-state index is 0.0305. The molecule has 1 aliphatic heterocycles. The number of phenols is 1. The Morgan fingerprint density at radius 1 is 1.06 bits per heavy atom. The van der Waals surface area contributed by atoms with Crippen LogP contribution in [0.1, 0.15) is 5.56 Å². The number of hydrogen-bond donors (Lipinski definition) is 3. The third-order valence-corrected chi connectivity index (χ3v) is 4.45. The molecule has 0 unspecified atom stereocenters. The molecule has 3 N–H and O–H groups in total. The van der Waals surface area contributed by atoms with E-state index in [1.807, 2.05) is 0 Å². The normalized spacial score (nSPS) is 14.4. The zero-order chi connectivity index (χ0) is 22.5. The monoisotopic (exact) mass is 427 g/mol. The summed E-state index contributed by atoms with van der Waals surface area (Å²) in [6.07, 6.45) is 1.39. The SMILES string of the molecule is COc1ccc(NC(=O)CN2C(=O)N/C(=C\c3cc(OC)c(O)c(OC)c3)C2=O)cc1. The van der Waals surface area contributed by atoms with Gasteiger partial charge in [-0.05, 0) is 48.0 Å². The summed E-state index contributed by atoms with van der Waals surface area (Å²) >= 11 is 0. The second kappa shape index (κ2) is 9.08. The Labute approximate surface area is 178 Å². The van der Waals surface area contributed by atoms with E-state index in [0.29, 0.717) is 17.0 Å². The average molecular weight is 427 g/mol. The zero-order valence-corrected chi connectivity index (χ0v) is 17.1. The van der Waals surface area contributed by atoms with Crippen LogP contribution >= 0.6 is 0 Å². The molecule has 10 heteroatoms. The zero-order valence-electron chi connectivity index (χ0n) is 17.1. The highest BCUT2D eigenvalue weighted by Gasteiger charge is 2.35. The first kappa shape index (κ1) is 21.5. The highest BCUT2D eigenvalue weighted by molar-refractivity contribution is 6.16. The van der Waals surface area contributed by atoms with Gasteiger partial charge in [-0.1, -0.05) is 0 Å². The van der Waals surface area contributed by atoms with Gasteiger partial charge in [-0.2, -0.15) is 0 Å². The standard InChI is InChI=1S/C21H21N3O7/c1-29-14-6-4-13(5-7-14)22-18(25)11-24-20(27)15(23-21(24)28)8-12-9-16(30-2)19(26)17(10-12)31-3/h4-10,26H,11H2,1-3H3,(H,22,25)(H,23,28)/b15-8-. The van der Waals surface area contributed by atoms with Crippen molar-refractivity contribution in [1.82, 2.24) is 10.2 Å². The van der Waals surface area contributed by atoms with E-state index >= 15 is 0 Å². The number of ether oxygens (including phenoxy) is 3.